The number of nitrogens with one attached hydrogen (secondary N) is 1. The molecule has 0 aromatic heterocycles. The molecule has 2 atom stereocenters. The number of carbonyl (C=O) groups is 1. The summed E-state index contributed by atoms with van der Waals surface area (Å²) in [5.74, 6) is 0.348. The van der Waals surface area contributed by atoms with Crippen LogP contribution in [-0.4, -0.2) is 36.0 Å². The summed E-state index contributed by atoms with van der Waals surface area (Å²) in [7, 11) is 0. The Morgan fingerprint density at radius 2 is 1.79 bits per heavy atom. The van der Waals surface area contributed by atoms with Crippen LogP contribution in [0.4, 0.5) is 0 Å². The van der Waals surface area contributed by atoms with E-state index in [-0.39, 0.29) is 17.8 Å². The lowest BCUT2D eigenvalue weighted by Crippen LogP contribution is -2.42. The van der Waals surface area contributed by atoms with E-state index in [1.165, 1.54) is 24.0 Å². The fraction of sp³-hybridized carbons (Fsp3) is 0.650. The second-order valence-electron chi connectivity index (χ2n) is 8.13. The van der Waals surface area contributed by atoms with Crippen LogP contribution in [0.2, 0.25) is 0 Å². The lowest BCUT2D eigenvalue weighted by atomic mass is 9.86. The van der Waals surface area contributed by atoms with Crippen LogP contribution in [0.25, 0.3) is 0 Å². The molecular weight excluding hydrogens is 320 g/mol. The highest BCUT2D eigenvalue weighted by Crippen LogP contribution is 2.29. The smallest absolute Gasteiger partial charge is 0.223 e. The van der Waals surface area contributed by atoms with Gasteiger partial charge in [-0.05, 0) is 48.8 Å². The van der Waals surface area contributed by atoms with Gasteiger partial charge in [-0.1, -0.05) is 45.0 Å². The highest BCUT2D eigenvalue weighted by Gasteiger charge is 2.37. The summed E-state index contributed by atoms with van der Waals surface area (Å²) in [6.45, 7) is 8.72. The molecule has 2 saturated heterocycles. The maximum absolute atomic E-state index is 12.7. The molecule has 2 fully saturated rings. The van der Waals surface area contributed by atoms with Gasteiger partial charge in [0, 0.05) is 25.0 Å². The number of hydrogen-bond acceptors (Lipinski definition) is 2. The fourth-order valence-corrected chi connectivity index (χ4v) is 3.94. The van der Waals surface area contributed by atoms with E-state index in [1.54, 1.807) is 0 Å². The quantitative estimate of drug-likeness (QED) is 0.901. The van der Waals surface area contributed by atoms with E-state index < -0.39 is 0 Å². The summed E-state index contributed by atoms with van der Waals surface area (Å²) in [6, 6.07) is 9.70. The summed E-state index contributed by atoms with van der Waals surface area (Å²) in [5.41, 5.74) is 2.81. The minimum atomic E-state index is 0. The Labute approximate surface area is 152 Å². The molecule has 2 aliphatic rings. The zero-order valence-electron chi connectivity index (χ0n) is 15.2. The maximum atomic E-state index is 12.7. The first-order valence-corrected chi connectivity index (χ1v) is 9.06. The van der Waals surface area contributed by atoms with Gasteiger partial charge in [0.1, 0.15) is 0 Å². The third kappa shape index (κ3) is 4.31. The lowest BCUT2D eigenvalue weighted by molar-refractivity contribution is -0.133. The van der Waals surface area contributed by atoms with Crippen molar-refractivity contribution in [1.29, 1.82) is 0 Å². The minimum Gasteiger partial charge on any atom is -0.335 e. The molecule has 1 aromatic carbocycles. The molecule has 2 bridgehead atoms. The number of nitrogens with zero attached hydrogens (tertiary/aromatic N) is 1. The lowest BCUT2D eigenvalue weighted by Gasteiger charge is -2.28. The first-order chi connectivity index (χ1) is 10.9. The summed E-state index contributed by atoms with van der Waals surface area (Å²) in [4.78, 5) is 14.9. The van der Waals surface area contributed by atoms with Gasteiger partial charge in [0.05, 0.1) is 0 Å². The fourth-order valence-electron chi connectivity index (χ4n) is 3.94. The number of hydrogen-bond donors (Lipinski definition) is 1. The van der Waals surface area contributed by atoms with Crippen molar-refractivity contribution in [3.63, 3.8) is 0 Å². The van der Waals surface area contributed by atoms with Crippen molar-refractivity contribution in [2.75, 3.05) is 13.1 Å². The molecule has 2 unspecified atom stereocenters. The second-order valence-corrected chi connectivity index (χ2v) is 8.13. The van der Waals surface area contributed by atoms with Crippen molar-refractivity contribution in [1.82, 2.24) is 10.2 Å². The van der Waals surface area contributed by atoms with Crippen molar-refractivity contribution >= 4 is 18.3 Å². The SMILES string of the molecule is CC(C)(C)c1ccc(CCC(=O)N2C3CCNCC2CC3)cc1.Cl. The number of carbonyl (C=O) groups excluding carboxylic acids is 1. The highest BCUT2D eigenvalue weighted by atomic mass is 35.5. The van der Waals surface area contributed by atoms with Crippen molar-refractivity contribution in [2.24, 2.45) is 0 Å². The van der Waals surface area contributed by atoms with E-state index in [2.05, 4.69) is 55.3 Å². The molecule has 1 aromatic rings. The summed E-state index contributed by atoms with van der Waals surface area (Å²) >= 11 is 0. The van der Waals surface area contributed by atoms with Crippen molar-refractivity contribution in [3.05, 3.63) is 35.4 Å². The van der Waals surface area contributed by atoms with Gasteiger partial charge in [-0.25, -0.2) is 0 Å². The third-order valence-electron chi connectivity index (χ3n) is 5.39. The van der Waals surface area contributed by atoms with Crippen LogP contribution >= 0.6 is 12.4 Å². The Kier molecular flexibility index (Phi) is 6.33. The number of benzene rings is 1. The average Bonchev–Trinajstić information content (AvgIpc) is 2.77. The van der Waals surface area contributed by atoms with Gasteiger partial charge in [-0.15, -0.1) is 12.4 Å². The monoisotopic (exact) mass is 350 g/mol. The second kappa shape index (κ2) is 7.88. The summed E-state index contributed by atoms with van der Waals surface area (Å²) in [5, 5.41) is 3.46. The molecule has 2 aliphatic heterocycles. The molecule has 1 amide bonds. The van der Waals surface area contributed by atoms with Crippen LogP contribution in [0.1, 0.15) is 57.6 Å². The van der Waals surface area contributed by atoms with Gasteiger partial charge in [0.2, 0.25) is 5.91 Å². The minimum absolute atomic E-state index is 0. The molecule has 24 heavy (non-hydrogen) atoms. The molecule has 1 N–H and O–H groups in total. The number of rotatable bonds is 3. The van der Waals surface area contributed by atoms with Crippen LogP contribution in [0.3, 0.4) is 0 Å². The van der Waals surface area contributed by atoms with Crippen molar-refractivity contribution in [3.8, 4) is 0 Å². The molecule has 0 spiro atoms. The molecular formula is C20H31ClN2O. The topological polar surface area (TPSA) is 32.3 Å². The molecule has 3 rings (SSSR count). The normalized spacial score (nSPS) is 23.5. The first kappa shape index (κ1) is 19.3. The number of fused-ring (bicyclic) bond motifs is 2. The summed E-state index contributed by atoms with van der Waals surface area (Å²) < 4.78 is 0. The molecule has 0 saturated carbocycles. The van der Waals surface area contributed by atoms with E-state index >= 15 is 0 Å². The van der Waals surface area contributed by atoms with Crippen LogP contribution in [0.15, 0.2) is 24.3 Å². The Balaban J connectivity index is 0.00000208. The van der Waals surface area contributed by atoms with Crippen molar-refractivity contribution < 1.29 is 4.79 Å². The van der Waals surface area contributed by atoms with E-state index in [9.17, 15) is 4.79 Å². The zero-order chi connectivity index (χ0) is 16.4. The number of halogens is 1. The van der Waals surface area contributed by atoms with E-state index in [1.807, 2.05) is 0 Å². The average molecular weight is 351 g/mol. The molecule has 134 valence electrons. The predicted octanol–water partition coefficient (Wildman–Crippen LogP) is 3.69. The molecule has 2 heterocycles. The Bertz CT molecular complexity index is 536. The van der Waals surface area contributed by atoms with E-state index in [4.69, 9.17) is 0 Å². The Morgan fingerprint density at radius 3 is 2.46 bits per heavy atom. The van der Waals surface area contributed by atoms with Gasteiger partial charge in [0.15, 0.2) is 0 Å². The van der Waals surface area contributed by atoms with Crippen molar-refractivity contribution in [2.45, 2.75) is 70.4 Å². The molecule has 3 nitrogen and oxygen atoms in total. The van der Waals surface area contributed by atoms with Crippen LogP contribution in [-0.2, 0) is 16.6 Å². The predicted molar refractivity (Wildman–Crippen MR) is 102 cm³/mol. The molecule has 4 heteroatoms. The van der Waals surface area contributed by atoms with E-state index in [0.29, 0.717) is 24.4 Å². The first-order valence-electron chi connectivity index (χ1n) is 9.06. The Hall–Kier alpha value is -1.06. The van der Waals surface area contributed by atoms with Gasteiger partial charge in [-0.2, -0.15) is 0 Å². The van der Waals surface area contributed by atoms with Gasteiger partial charge in [0.25, 0.3) is 0 Å². The van der Waals surface area contributed by atoms with Crippen LogP contribution in [0.5, 0.6) is 0 Å². The maximum Gasteiger partial charge on any atom is 0.223 e. The van der Waals surface area contributed by atoms with Crippen LogP contribution < -0.4 is 5.32 Å². The Morgan fingerprint density at radius 1 is 1.12 bits per heavy atom. The molecule has 0 aliphatic carbocycles. The van der Waals surface area contributed by atoms with E-state index in [0.717, 1.165) is 25.9 Å². The standard InChI is InChI=1S/C20H30N2O.ClH/c1-20(2,3)16-7-4-15(5-8-16)6-11-19(23)22-17-9-10-18(22)14-21-13-12-17;/h4-5,7-8,17-18,21H,6,9-14H2,1-3H3;1H. The third-order valence-corrected chi connectivity index (χ3v) is 5.39. The number of aryl methyl sites for hydroxylation is 1. The largest absolute Gasteiger partial charge is 0.335 e. The van der Waals surface area contributed by atoms with Gasteiger partial charge < -0.3 is 10.2 Å². The highest BCUT2D eigenvalue weighted by molar-refractivity contribution is 5.85. The number of amides is 1. The van der Waals surface area contributed by atoms with Gasteiger partial charge in [-0.3, -0.25) is 4.79 Å². The molecule has 0 radical (unpaired) electrons. The van der Waals surface area contributed by atoms with Gasteiger partial charge >= 0.3 is 0 Å². The zero-order valence-corrected chi connectivity index (χ0v) is 16.0. The summed E-state index contributed by atoms with van der Waals surface area (Å²) in [6.07, 6.45) is 4.97. The van der Waals surface area contributed by atoms with Crippen LogP contribution in [0, 0.1) is 0 Å².